The van der Waals surface area contributed by atoms with Gasteiger partial charge in [-0.05, 0) is 57.6 Å². The second-order valence-electron chi connectivity index (χ2n) is 6.36. The Bertz CT molecular complexity index is 441. The van der Waals surface area contributed by atoms with E-state index in [0.717, 1.165) is 31.7 Å². The Morgan fingerprint density at radius 2 is 2.00 bits per heavy atom. The molecule has 2 rings (SSSR count). The fourth-order valence-corrected chi connectivity index (χ4v) is 2.94. The summed E-state index contributed by atoms with van der Waals surface area (Å²) in [5, 5.41) is 3.31. The minimum atomic E-state index is -0.173. The van der Waals surface area contributed by atoms with E-state index in [1.54, 1.807) is 0 Å². The van der Waals surface area contributed by atoms with Crippen molar-refractivity contribution in [2.75, 3.05) is 6.54 Å². The average molecular weight is 293 g/mol. The van der Waals surface area contributed by atoms with Gasteiger partial charge in [0, 0.05) is 17.7 Å². The van der Waals surface area contributed by atoms with Crippen LogP contribution in [0.25, 0.3) is 0 Å². The van der Waals surface area contributed by atoms with Gasteiger partial charge in [-0.25, -0.2) is 4.39 Å². The smallest absolute Gasteiger partial charge is 0.131 e. The van der Waals surface area contributed by atoms with E-state index in [1.807, 2.05) is 19.1 Å². The number of rotatable bonds is 6. The molecular formula is C18H28FNO. The minimum absolute atomic E-state index is 0.0366. The maximum Gasteiger partial charge on any atom is 0.131 e. The molecule has 0 bridgehead atoms. The van der Waals surface area contributed by atoms with Crippen molar-refractivity contribution in [1.29, 1.82) is 0 Å². The van der Waals surface area contributed by atoms with E-state index in [4.69, 9.17) is 4.74 Å². The molecule has 0 amide bonds. The number of halogens is 1. The third-order valence-corrected chi connectivity index (χ3v) is 4.40. The van der Waals surface area contributed by atoms with Crippen LogP contribution in [-0.2, 0) is 0 Å². The summed E-state index contributed by atoms with van der Waals surface area (Å²) in [4.78, 5) is 0. The van der Waals surface area contributed by atoms with Crippen LogP contribution >= 0.6 is 0 Å². The van der Waals surface area contributed by atoms with Crippen molar-refractivity contribution in [1.82, 2.24) is 5.32 Å². The van der Waals surface area contributed by atoms with Crippen LogP contribution < -0.4 is 10.1 Å². The molecule has 1 aromatic carbocycles. The van der Waals surface area contributed by atoms with Gasteiger partial charge < -0.3 is 10.1 Å². The first-order valence-electron chi connectivity index (χ1n) is 8.29. The molecule has 0 radical (unpaired) electrons. The van der Waals surface area contributed by atoms with Crippen LogP contribution in [0.1, 0.15) is 64.5 Å². The van der Waals surface area contributed by atoms with Gasteiger partial charge in [-0.15, -0.1) is 0 Å². The van der Waals surface area contributed by atoms with E-state index in [-0.39, 0.29) is 18.0 Å². The molecule has 0 heterocycles. The maximum absolute atomic E-state index is 14.2. The molecule has 1 atom stereocenters. The van der Waals surface area contributed by atoms with E-state index in [0.29, 0.717) is 11.3 Å². The second-order valence-corrected chi connectivity index (χ2v) is 6.36. The standard InChI is InChI=1S/C18H28FNO/c1-4-11-20-14(3)17-10-9-16(12-18(17)19)21-15-7-5-13(2)6-8-15/h9-10,12-15,20H,4-8,11H2,1-3H3. The molecule has 0 spiro atoms. The van der Waals surface area contributed by atoms with Gasteiger partial charge in [-0.2, -0.15) is 0 Å². The van der Waals surface area contributed by atoms with Crippen molar-refractivity contribution in [3.63, 3.8) is 0 Å². The van der Waals surface area contributed by atoms with Crippen LogP contribution in [0, 0.1) is 11.7 Å². The summed E-state index contributed by atoms with van der Waals surface area (Å²) < 4.78 is 20.2. The molecule has 1 unspecified atom stereocenters. The maximum atomic E-state index is 14.2. The van der Waals surface area contributed by atoms with E-state index < -0.39 is 0 Å². The Morgan fingerprint density at radius 3 is 2.62 bits per heavy atom. The lowest BCUT2D eigenvalue weighted by Gasteiger charge is -2.27. The van der Waals surface area contributed by atoms with Gasteiger partial charge in [0.15, 0.2) is 0 Å². The molecule has 21 heavy (non-hydrogen) atoms. The highest BCUT2D eigenvalue weighted by Crippen LogP contribution is 2.28. The van der Waals surface area contributed by atoms with E-state index in [1.165, 1.54) is 18.9 Å². The van der Waals surface area contributed by atoms with Crippen molar-refractivity contribution in [3.05, 3.63) is 29.6 Å². The monoisotopic (exact) mass is 293 g/mol. The number of benzene rings is 1. The van der Waals surface area contributed by atoms with Gasteiger partial charge >= 0.3 is 0 Å². The first-order valence-corrected chi connectivity index (χ1v) is 8.29. The predicted octanol–water partition coefficient (Wildman–Crippen LogP) is 4.84. The molecule has 0 aromatic heterocycles. The van der Waals surface area contributed by atoms with Crippen LogP contribution in [0.2, 0.25) is 0 Å². The van der Waals surface area contributed by atoms with Gasteiger partial charge in [0.05, 0.1) is 6.10 Å². The van der Waals surface area contributed by atoms with Crippen LogP contribution in [0.4, 0.5) is 4.39 Å². The van der Waals surface area contributed by atoms with Gasteiger partial charge in [-0.1, -0.05) is 19.9 Å². The Morgan fingerprint density at radius 1 is 1.29 bits per heavy atom. The molecule has 1 aromatic rings. The summed E-state index contributed by atoms with van der Waals surface area (Å²) in [5.41, 5.74) is 0.716. The Labute approximate surface area is 128 Å². The molecule has 1 fully saturated rings. The number of hydrogen-bond acceptors (Lipinski definition) is 2. The van der Waals surface area contributed by atoms with E-state index in [9.17, 15) is 4.39 Å². The number of ether oxygens (including phenoxy) is 1. The van der Waals surface area contributed by atoms with Gasteiger partial charge in [0.1, 0.15) is 11.6 Å². The largest absolute Gasteiger partial charge is 0.490 e. The number of nitrogens with one attached hydrogen (secondary N) is 1. The minimum Gasteiger partial charge on any atom is -0.490 e. The molecular weight excluding hydrogens is 265 g/mol. The van der Waals surface area contributed by atoms with Crippen molar-refractivity contribution in [3.8, 4) is 5.75 Å². The summed E-state index contributed by atoms with van der Waals surface area (Å²) in [6, 6.07) is 5.33. The topological polar surface area (TPSA) is 21.3 Å². The molecule has 0 aliphatic heterocycles. The Hall–Kier alpha value is -1.09. The second kappa shape index (κ2) is 7.79. The molecule has 118 valence electrons. The molecule has 3 heteroatoms. The van der Waals surface area contributed by atoms with Crippen molar-refractivity contribution < 1.29 is 9.13 Å². The average Bonchev–Trinajstić information content (AvgIpc) is 2.47. The zero-order chi connectivity index (χ0) is 15.2. The van der Waals surface area contributed by atoms with Gasteiger partial charge in [0.2, 0.25) is 0 Å². The zero-order valence-corrected chi connectivity index (χ0v) is 13.5. The van der Waals surface area contributed by atoms with Crippen LogP contribution in [-0.4, -0.2) is 12.6 Å². The molecule has 1 aliphatic rings. The molecule has 0 saturated heterocycles. The van der Waals surface area contributed by atoms with Crippen LogP contribution in [0.15, 0.2) is 18.2 Å². The quantitative estimate of drug-likeness (QED) is 0.810. The molecule has 2 nitrogen and oxygen atoms in total. The van der Waals surface area contributed by atoms with Crippen LogP contribution in [0.5, 0.6) is 5.75 Å². The highest BCUT2D eigenvalue weighted by atomic mass is 19.1. The highest BCUT2D eigenvalue weighted by molar-refractivity contribution is 5.30. The lowest BCUT2D eigenvalue weighted by Crippen LogP contribution is -2.23. The number of hydrogen-bond donors (Lipinski definition) is 1. The van der Waals surface area contributed by atoms with Crippen molar-refractivity contribution >= 4 is 0 Å². The first kappa shape index (κ1) is 16.3. The fraction of sp³-hybridized carbons (Fsp3) is 0.667. The lowest BCUT2D eigenvalue weighted by atomic mass is 9.89. The SMILES string of the molecule is CCCNC(C)c1ccc(OC2CCC(C)CC2)cc1F. The van der Waals surface area contributed by atoms with E-state index in [2.05, 4.69) is 19.2 Å². The third-order valence-electron chi connectivity index (χ3n) is 4.40. The highest BCUT2D eigenvalue weighted by Gasteiger charge is 2.20. The van der Waals surface area contributed by atoms with Crippen molar-refractivity contribution in [2.45, 2.75) is 65.0 Å². The molecule has 1 saturated carbocycles. The first-order chi connectivity index (χ1) is 10.1. The summed E-state index contributed by atoms with van der Waals surface area (Å²) in [5.74, 6) is 1.29. The lowest BCUT2D eigenvalue weighted by molar-refractivity contribution is 0.135. The molecule has 1 N–H and O–H groups in total. The summed E-state index contributed by atoms with van der Waals surface area (Å²) in [7, 11) is 0. The van der Waals surface area contributed by atoms with Crippen LogP contribution in [0.3, 0.4) is 0 Å². The van der Waals surface area contributed by atoms with Gasteiger partial charge in [-0.3, -0.25) is 0 Å². The summed E-state index contributed by atoms with van der Waals surface area (Å²) in [6.45, 7) is 7.30. The zero-order valence-electron chi connectivity index (χ0n) is 13.5. The summed E-state index contributed by atoms with van der Waals surface area (Å²) >= 11 is 0. The van der Waals surface area contributed by atoms with Crippen molar-refractivity contribution in [2.24, 2.45) is 5.92 Å². The Balaban J connectivity index is 1.95. The summed E-state index contributed by atoms with van der Waals surface area (Å²) in [6.07, 6.45) is 5.89. The molecule has 1 aliphatic carbocycles. The Kier molecular flexibility index (Phi) is 6.04. The predicted molar refractivity (Wildman–Crippen MR) is 85.2 cm³/mol. The van der Waals surface area contributed by atoms with E-state index >= 15 is 0 Å². The van der Waals surface area contributed by atoms with Gasteiger partial charge in [0.25, 0.3) is 0 Å². The third kappa shape index (κ3) is 4.70. The fourth-order valence-electron chi connectivity index (χ4n) is 2.94. The normalized spacial score (nSPS) is 23.8.